The molecular weight excluding hydrogens is 516 g/mol. The highest BCUT2D eigenvalue weighted by atomic mass is 35.5. The fourth-order valence-electron chi connectivity index (χ4n) is 4.62. The Balaban J connectivity index is 1.67. The van der Waals surface area contributed by atoms with Crippen molar-refractivity contribution in [2.75, 3.05) is 11.5 Å². The number of halogens is 1. The summed E-state index contributed by atoms with van der Waals surface area (Å²) in [5.74, 6) is -1.88. The highest BCUT2D eigenvalue weighted by Gasteiger charge is 2.48. The molecule has 5 rings (SSSR count). The minimum Gasteiger partial charge on any atom is -0.507 e. The van der Waals surface area contributed by atoms with Gasteiger partial charge in [-0.1, -0.05) is 35.1 Å². The van der Waals surface area contributed by atoms with E-state index in [9.17, 15) is 19.5 Å². The van der Waals surface area contributed by atoms with E-state index in [4.69, 9.17) is 21.1 Å². The lowest BCUT2D eigenvalue weighted by molar-refractivity contribution is -0.132. The van der Waals surface area contributed by atoms with Crippen molar-refractivity contribution in [1.29, 1.82) is 0 Å². The van der Waals surface area contributed by atoms with E-state index in [0.29, 0.717) is 28.3 Å². The third kappa shape index (κ3) is 4.38. The fraction of sp³-hybridized carbons (Fsp3) is 0.259. The van der Waals surface area contributed by atoms with Gasteiger partial charge < -0.3 is 14.6 Å². The lowest BCUT2D eigenvalue weighted by atomic mass is 9.94. The van der Waals surface area contributed by atoms with E-state index < -0.39 is 23.7 Å². The molecular formula is C27H23ClN2O6S. The zero-order valence-electron chi connectivity index (χ0n) is 20.3. The van der Waals surface area contributed by atoms with Crippen LogP contribution in [0.15, 0.2) is 48.0 Å². The number of thiazole rings is 1. The number of amides is 1. The predicted molar refractivity (Wildman–Crippen MR) is 139 cm³/mol. The van der Waals surface area contributed by atoms with Gasteiger partial charge in [0.15, 0.2) is 5.13 Å². The van der Waals surface area contributed by atoms with Crippen molar-refractivity contribution in [2.24, 2.45) is 0 Å². The highest BCUT2D eigenvalue weighted by molar-refractivity contribution is 7.17. The van der Waals surface area contributed by atoms with Gasteiger partial charge in [-0.3, -0.25) is 14.5 Å². The first-order valence-corrected chi connectivity index (χ1v) is 12.9. The van der Waals surface area contributed by atoms with Gasteiger partial charge in [0.2, 0.25) is 0 Å². The lowest BCUT2D eigenvalue weighted by Crippen LogP contribution is -2.29. The van der Waals surface area contributed by atoms with Gasteiger partial charge in [-0.15, -0.1) is 0 Å². The summed E-state index contributed by atoms with van der Waals surface area (Å²) in [5, 5.41) is 11.9. The van der Waals surface area contributed by atoms with Crippen LogP contribution in [0, 0.1) is 6.92 Å². The molecule has 0 unspecified atom stereocenters. The molecule has 0 bridgehead atoms. The minimum absolute atomic E-state index is 0.00572. The van der Waals surface area contributed by atoms with Crippen LogP contribution in [0.2, 0.25) is 5.02 Å². The van der Waals surface area contributed by atoms with Gasteiger partial charge in [-0.2, -0.15) is 0 Å². The standard InChI is InChI=1S/C27H23ClN2O6S/c1-4-35-26(34)24-14(3)29-27(37-24)30-21(15-6-5-7-18(28)12-15)20(23(32)25(30)33)22(31)16-8-9-19-17(11-16)10-13(2)36-19/h5-9,11-13,21,31H,4,10H2,1-3H3/t13-,21-/m1/s1. The van der Waals surface area contributed by atoms with Crippen LogP contribution in [0.3, 0.4) is 0 Å². The van der Waals surface area contributed by atoms with E-state index in [-0.39, 0.29) is 34.1 Å². The van der Waals surface area contributed by atoms with Crippen LogP contribution in [-0.2, 0) is 20.7 Å². The molecule has 1 amide bonds. The van der Waals surface area contributed by atoms with Gasteiger partial charge in [0, 0.05) is 17.0 Å². The number of aromatic nitrogens is 1. The van der Waals surface area contributed by atoms with Gasteiger partial charge in [0.05, 0.1) is 23.9 Å². The number of fused-ring (bicyclic) bond motifs is 1. The first kappa shape index (κ1) is 25.0. The lowest BCUT2D eigenvalue weighted by Gasteiger charge is -2.23. The maximum atomic E-state index is 13.4. The second kappa shape index (κ2) is 9.64. The van der Waals surface area contributed by atoms with E-state index in [2.05, 4.69) is 4.98 Å². The topological polar surface area (TPSA) is 106 Å². The molecule has 2 aliphatic rings. The van der Waals surface area contributed by atoms with Crippen LogP contribution in [-0.4, -0.2) is 40.5 Å². The number of aliphatic hydroxyl groups excluding tert-OH is 1. The van der Waals surface area contributed by atoms with Crippen molar-refractivity contribution < 1.29 is 29.0 Å². The molecule has 2 atom stereocenters. The number of rotatable bonds is 5. The molecule has 8 nitrogen and oxygen atoms in total. The Hall–Kier alpha value is -3.69. The Kier molecular flexibility index (Phi) is 6.51. The van der Waals surface area contributed by atoms with E-state index in [1.807, 2.05) is 6.92 Å². The Morgan fingerprint density at radius 1 is 1.27 bits per heavy atom. The van der Waals surface area contributed by atoms with Gasteiger partial charge in [-0.25, -0.2) is 9.78 Å². The zero-order chi connectivity index (χ0) is 26.4. The van der Waals surface area contributed by atoms with Crippen LogP contribution in [0.5, 0.6) is 5.75 Å². The summed E-state index contributed by atoms with van der Waals surface area (Å²) in [7, 11) is 0. The second-order valence-electron chi connectivity index (χ2n) is 8.81. The normalized spacial score (nSPS) is 20.2. The number of hydrogen-bond donors (Lipinski definition) is 1. The summed E-state index contributed by atoms with van der Waals surface area (Å²) in [5.41, 5.74) is 2.09. The molecule has 3 heterocycles. The number of anilines is 1. The molecule has 0 spiro atoms. The number of esters is 1. The number of benzene rings is 2. The summed E-state index contributed by atoms with van der Waals surface area (Å²) in [6.45, 7) is 5.46. The number of Topliss-reactive ketones (excluding diaryl/α,β-unsaturated/α-hetero) is 1. The van der Waals surface area contributed by atoms with Crippen LogP contribution >= 0.6 is 22.9 Å². The van der Waals surface area contributed by atoms with Crippen molar-refractivity contribution in [3.05, 3.63) is 80.3 Å². The quantitative estimate of drug-likeness (QED) is 0.205. The van der Waals surface area contributed by atoms with Crippen molar-refractivity contribution in [3.8, 4) is 5.75 Å². The number of ether oxygens (including phenoxy) is 2. The first-order chi connectivity index (χ1) is 17.7. The van der Waals surface area contributed by atoms with Gasteiger partial charge in [0.1, 0.15) is 22.5 Å². The predicted octanol–water partition coefficient (Wildman–Crippen LogP) is 5.23. The SMILES string of the molecule is CCOC(=O)c1sc(N2C(=O)C(=O)C(=C(O)c3ccc4c(c3)C[C@@H](C)O4)[C@H]2c2cccc(Cl)c2)nc1C. The average molecular weight is 539 g/mol. The highest BCUT2D eigenvalue weighted by Crippen LogP contribution is 2.44. The van der Waals surface area contributed by atoms with Crippen molar-refractivity contribution in [1.82, 2.24) is 4.98 Å². The summed E-state index contributed by atoms with van der Waals surface area (Å²) in [6, 6.07) is 10.9. The molecule has 37 heavy (non-hydrogen) atoms. The van der Waals surface area contributed by atoms with Crippen LogP contribution in [0.25, 0.3) is 5.76 Å². The Labute approximate surface area is 222 Å². The van der Waals surface area contributed by atoms with Crippen LogP contribution in [0.4, 0.5) is 5.13 Å². The summed E-state index contributed by atoms with van der Waals surface area (Å²) < 4.78 is 10.9. The van der Waals surface area contributed by atoms with E-state index >= 15 is 0 Å². The average Bonchev–Trinajstić information content (AvgIpc) is 3.51. The fourth-order valence-corrected chi connectivity index (χ4v) is 5.80. The van der Waals surface area contributed by atoms with E-state index in [1.165, 1.54) is 4.90 Å². The molecule has 0 saturated carbocycles. The molecule has 3 aromatic rings. The van der Waals surface area contributed by atoms with Crippen LogP contribution < -0.4 is 9.64 Å². The number of aryl methyl sites for hydroxylation is 1. The molecule has 0 aliphatic carbocycles. The number of nitrogens with zero attached hydrogens (tertiary/aromatic N) is 2. The van der Waals surface area contributed by atoms with Gasteiger partial charge in [0.25, 0.3) is 5.78 Å². The molecule has 10 heteroatoms. The molecule has 1 N–H and O–H groups in total. The van der Waals surface area contributed by atoms with E-state index in [0.717, 1.165) is 22.6 Å². The van der Waals surface area contributed by atoms with E-state index in [1.54, 1.807) is 56.3 Å². The van der Waals surface area contributed by atoms with Crippen molar-refractivity contribution in [3.63, 3.8) is 0 Å². The monoisotopic (exact) mass is 538 g/mol. The van der Waals surface area contributed by atoms with Crippen molar-refractivity contribution in [2.45, 2.75) is 39.3 Å². The summed E-state index contributed by atoms with van der Waals surface area (Å²) in [6.07, 6.45) is 0.670. The molecule has 1 fully saturated rings. The smallest absolute Gasteiger partial charge is 0.350 e. The first-order valence-electron chi connectivity index (χ1n) is 11.7. The molecule has 2 aliphatic heterocycles. The van der Waals surface area contributed by atoms with Crippen molar-refractivity contribution >= 4 is 51.5 Å². The number of carbonyl (C=O) groups excluding carboxylic acids is 3. The zero-order valence-corrected chi connectivity index (χ0v) is 21.9. The third-order valence-corrected chi connectivity index (χ3v) is 7.60. The summed E-state index contributed by atoms with van der Waals surface area (Å²) in [4.78, 5) is 45.1. The number of ketones is 1. The van der Waals surface area contributed by atoms with Gasteiger partial charge >= 0.3 is 11.9 Å². The van der Waals surface area contributed by atoms with Crippen LogP contribution in [0.1, 0.15) is 51.9 Å². The maximum Gasteiger partial charge on any atom is 0.350 e. The second-order valence-corrected chi connectivity index (χ2v) is 10.2. The molecule has 190 valence electrons. The number of aliphatic hydroxyl groups is 1. The third-order valence-electron chi connectivity index (χ3n) is 6.23. The Morgan fingerprint density at radius 2 is 2.05 bits per heavy atom. The maximum absolute atomic E-state index is 13.4. The largest absolute Gasteiger partial charge is 0.507 e. The number of carbonyl (C=O) groups is 3. The summed E-state index contributed by atoms with van der Waals surface area (Å²) >= 11 is 7.22. The molecule has 1 saturated heterocycles. The Bertz CT molecular complexity index is 1480. The molecule has 1 aromatic heterocycles. The minimum atomic E-state index is -1.01. The Morgan fingerprint density at radius 3 is 2.78 bits per heavy atom. The van der Waals surface area contributed by atoms with Gasteiger partial charge in [-0.05, 0) is 62.2 Å². The number of hydrogen-bond acceptors (Lipinski definition) is 8. The molecule has 0 radical (unpaired) electrons. The molecule has 2 aromatic carbocycles.